The highest BCUT2D eigenvalue weighted by atomic mass is 35.5. The van der Waals surface area contributed by atoms with E-state index in [1.807, 2.05) is 26.0 Å². The molecule has 3 rings (SSSR count). The Balaban J connectivity index is 1.85. The van der Waals surface area contributed by atoms with Crippen molar-refractivity contribution in [2.24, 2.45) is 0 Å². The molecule has 0 atom stereocenters. The van der Waals surface area contributed by atoms with Crippen molar-refractivity contribution in [2.45, 2.75) is 13.8 Å². The van der Waals surface area contributed by atoms with Crippen molar-refractivity contribution in [2.75, 3.05) is 19.5 Å². The van der Waals surface area contributed by atoms with Crippen LogP contribution in [0.5, 0.6) is 11.5 Å². The second-order valence-corrected chi connectivity index (χ2v) is 6.55. The van der Waals surface area contributed by atoms with Gasteiger partial charge in [-0.05, 0) is 50.2 Å². The Bertz CT molecular complexity index is 958. The fourth-order valence-corrected chi connectivity index (χ4v) is 3.22. The van der Waals surface area contributed by atoms with E-state index < -0.39 is 0 Å². The Morgan fingerprint density at radius 2 is 1.52 bits per heavy atom. The fourth-order valence-electron chi connectivity index (χ4n) is 2.99. The SMILES string of the molecule is COc1cc(NC(=O)c2ccc(-n3c(C)ccc3C)cc2)c(OC)cc1Cl. The first-order chi connectivity index (χ1) is 12.9. The van der Waals surface area contributed by atoms with Gasteiger partial charge >= 0.3 is 0 Å². The molecular formula is C21H21ClN2O3. The minimum atomic E-state index is -0.245. The molecule has 0 saturated heterocycles. The van der Waals surface area contributed by atoms with Gasteiger partial charge in [-0.25, -0.2) is 0 Å². The first-order valence-electron chi connectivity index (χ1n) is 8.43. The normalized spacial score (nSPS) is 10.6. The number of carbonyl (C=O) groups excluding carboxylic acids is 1. The number of hydrogen-bond donors (Lipinski definition) is 1. The first kappa shape index (κ1) is 18.9. The van der Waals surface area contributed by atoms with Crippen LogP contribution in [0.2, 0.25) is 5.02 Å². The molecule has 1 N–H and O–H groups in total. The zero-order valence-corrected chi connectivity index (χ0v) is 16.4. The molecule has 0 saturated carbocycles. The maximum Gasteiger partial charge on any atom is 0.255 e. The van der Waals surface area contributed by atoms with Crippen LogP contribution in [0.4, 0.5) is 5.69 Å². The summed E-state index contributed by atoms with van der Waals surface area (Å²) >= 11 is 6.11. The number of rotatable bonds is 5. The number of aromatic nitrogens is 1. The number of ether oxygens (including phenoxy) is 2. The number of carbonyl (C=O) groups is 1. The summed E-state index contributed by atoms with van der Waals surface area (Å²) in [6.07, 6.45) is 0. The van der Waals surface area contributed by atoms with Crippen LogP contribution in [0.25, 0.3) is 5.69 Å². The van der Waals surface area contributed by atoms with E-state index in [0.29, 0.717) is 27.8 Å². The molecule has 0 aliphatic carbocycles. The molecule has 6 heteroatoms. The molecule has 3 aromatic rings. The molecule has 0 aliphatic heterocycles. The number of nitrogens with one attached hydrogen (secondary N) is 1. The molecular weight excluding hydrogens is 364 g/mol. The van der Waals surface area contributed by atoms with Crippen LogP contribution in [0.15, 0.2) is 48.5 Å². The highest BCUT2D eigenvalue weighted by molar-refractivity contribution is 6.32. The quantitative estimate of drug-likeness (QED) is 0.672. The second-order valence-electron chi connectivity index (χ2n) is 6.14. The van der Waals surface area contributed by atoms with Crippen molar-refractivity contribution < 1.29 is 14.3 Å². The van der Waals surface area contributed by atoms with Crippen molar-refractivity contribution in [3.8, 4) is 17.2 Å². The molecule has 0 spiro atoms. The number of aryl methyl sites for hydroxylation is 2. The molecule has 1 aromatic heterocycles. The summed E-state index contributed by atoms with van der Waals surface area (Å²) in [5.41, 5.74) is 4.32. The van der Waals surface area contributed by atoms with Crippen LogP contribution in [-0.4, -0.2) is 24.7 Å². The Morgan fingerprint density at radius 1 is 0.926 bits per heavy atom. The molecule has 0 radical (unpaired) electrons. The zero-order chi connectivity index (χ0) is 19.6. The van der Waals surface area contributed by atoms with Gasteiger partial charge in [0, 0.05) is 34.8 Å². The number of halogens is 1. The summed E-state index contributed by atoms with van der Waals surface area (Å²) in [7, 11) is 3.04. The summed E-state index contributed by atoms with van der Waals surface area (Å²) in [6.45, 7) is 4.10. The van der Waals surface area contributed by atoms with Gasteiger partial charge in [0.15, 0.2) is 0 Å². The predicted molar refractivity (Wildman–Crippen MR) is 108 cm³/mol. The van der Waals surface area contributed by atoms with Gasteiger partial charge in [-0.3, -0.25) is 4.79 Å². The Hall–Kier alpha value is -2.92. The van der Waals surface area contributed by atoms with Gasteiger partial charge in [0.2, 0.25) is 0 Å². The Labute approximate surface area is 163 Å². The monoisotopic (exact) mass is 384 g/mol. The molecule has 140 valence electrons. The molecule has 0 aliphatic rings. The van der Waals surface area contributed by atoms with E-state index in [4.69, 9.17) is 21.1 Å². The lowest BCUT2D eigenvalue weighted by atomic mass is 10.1. The molecule has 0 bridgehead atoms. The van der Waals surface area contributed by atoms with Gasteiger partial charge in [-0.15, -0.1) is 0 Å². The van der Waals surface area contributed by atoms with Gasteiger partial charge in [-0.2, -0.15) is 0 Å². The minimum absolute atomic E-state index is 0.245. The van der Waals surface area contributed by atoms with Gasteiger partial charge in [0.1, 0.15) is 11.5 Å². The predicted octanol–water partition coefficient (Wildman–Crippen LogP) is 5.02. The number of hydrogen-bond acceptors (Lipinski definition) is 3. The Kier molecular flexibility index (Phi) is 5.42. The van der Waals surface area contributed by atoms with Crippen molar-refractivity contribution in [3.05, 3.63) is 70.5 Å². The third-order valence-corrected chi connectivity index (χ3v) is 4.68. The third kappa shape index (κ3) is 3.78. The van der Waals surface area contributed by atoms with E-state index in [1.165, 1.54) is 14.2 Å². The molecule has 0 fully saturated rings. The summed E-state index contributed by atoms with van der Waals surface area (Å²) < 4.78 is 12.6. The van der Waals surface area contributed by atoms with Crippen LogP contribution in [0.3, 0.4) is 0 Å². The van der Waals surface area contributed by atoms with E-state index in [2.05, 4.69) is 22.0 Å². The van der Waals surface area contributed by atoms with Gasteiger partial charge in [-0.1, -0.05) is 11.6 Å². The maximum absolute atomic E-state index is 12.7. The molecule has 5 nitrogen and oxygen atoms in total. The molecule has 1 heterocycles. The van der Waals surface area contributed by atoms with E-state index in [0.717, 1.165) is 17.1 Å². The summed E-state index contributed by atoms with van der Waals surface area (Å²) in [5, 5.41) is 3.26. The van der Waals surface area contributed by atoms with E-state index in [1.54, 1.807) is 24.3 Å². The Morgan fingerprint density at radius 3 is 2.07 bits per heavy atom. The number of benzene rings is 2. The standard InChI is InChI=1S/C21H21ClN2O3/c1-13-5-6-14(2)24(13)16-9-7-15(8-10-16)21(25)23-18-12-19(26-3)17(22)11-20(18)27-4/h5-12H,1-4H3,(H,23,25). The molecule has 0 unspecified atom stereocenters. The molecule has 2 aromatic carbocycles. The number of amides is 1. The van der Waals surface area contributed by atoms with Gasteiger partial charge in [0.25, 0.3) is 5.91 Å². The van der Waals surface area contributed by atoms with Crippen LogP contribution < -0.4 is 14.8 Å². The summed E-state index contributed by atoms with van der Waals surface area (Å²) in [6, 6.07) is 14.8. The number of nitrogens with zero attached hydrogens (tertiary/aromatic N) is 1. The van der Waals surface area contributed by atoms with Crippen molar-refractivity contribution >= 4 is 23.2 Å². The van der Waals surface area contributed by atoms with Crippen molar-refractivity contribution in [1.82, 2.24) is 4.57 Å². The van der Waals surface area contributed by atoms with Crippen LogP contribution in [0, 0.1) is 13.8 Å². The summed E-state index contributed by atoms with van der Waals surface area (Å²) in [5.74, 6) is 0.677. The third-order valence-electron chi connectivity index (χ3n) is 4.38. The lowest BCUT2D eigenvalue weighted by Crippen LogP contribution is -2.13. The van der Waals surface area contributed by atoms with Gasteiger partial charge < -0.3 is 19.4 Å². The lowest BCUT2D eigenvalue weighted by molar-refractivity contribution is 0.102. The number of methoxy groups -OCH3 is 2. The topological polar surface area (TPSA) is 52.5 Å². The fraction of sp³-hybridized carbons (Fsp3) is 0.190. The van der Waals surface area contributed by atoms with E-state index >= 15 is 0 Å². The highest BCUT2D eigenvalue weighted by Gasteiger charge is 2.14. The van der Waals surface area contributed by atoms with Crippen LogP contribution in [0.1, 0.15) is 21.7 Å². The lowest BCUT2D eigenvalue weighted by Gasteiger charge is -2.14. The number of anilines is 1. The minimum Gasteiger partial charge on any atom is -0.495 e. The molecule has 1 amide bonds. The van der Waals surface area contributed by atoms with Gasteiger partial charge in [0.05, 0.1) is 24.9 Å². The van der Waals surface area contributed by atoms with E-state index in [-0.39, 0.29) is 5.91 Å². The van der Waals surface area contributed by atoms with Crippen molar-refractivity contribution in [1.29, 1.82) is 0 Å². The first-order valence-corrected chi connectivity index (χ1v) is 8.80. The van der Waals surface area contributed by atoms with E-state index in [9.17, 15) is 4.79 Å². The maximum atomic E-state index is 12.7. The largest absolute Gasteiger partial charge is 0.495 e. The van der Waals surface area contributed by atoms with Crippen LogP contribution in [-0.2, 0) is 0 Å². The molecule has 27 heavy (non-hydrogen) atoms. The van der Waals surface area contributed by atoms with Crippen molar-refractivity contribution in [3.63, 3.8) is 0 Å². The summed E-state index contributed by atoms with van der Waals surface area (Å²) in [4.78, 5) is 12.7. The average Bonchev–Trinajstić information content (AvgIpc) is 3.01. The highest BCUT2D eigenvalue weighted by Crippen LogP contribution is 2.36. The average molecular weight is 385 g/mol. The zero-order valence-electron chi connectivity index (χ0n) is 15.7. The smallest absolute Gasteiger partial charge is 0.255 e. The van der Waals surface area contributed by atoms with Crippen LogP contribution >= 0.6 is 11.6 Å². The second kappa shape index (κ2) is 7.76.